The molecule has 5 nitrogen and oxygen atoms in total. The van der Waals surface area contributed by atoms with Crippen molar-refractivity contribution >= 4 is 0 Å². The van der Waals surface area contributed by atoms with Crippen LogP contribution in [0.3, 0.4) is 0 Å². The van der Waals surface area contributed by atoms with Gasteiger partial charge in [-0.2, -0.15) is 0 Å². The molecule has 0 N–H and O–H groups in total. The van der Waals surface area contributed by atoms with Crippen molar-refractivity contribution < 1.29 is 4.42 Å². The van der Waals surface area contributed by atoms with Gasteiger partial charge in [-0.3, -0.25) is 4.79 Å². The van der Waals surface area contributed by atoms with E-state index in [0.29, 0.717) is 17.9 Å². The van der Waals surface area contributed by atoms with Gasteiger partial charge < -0.3 is 13.6 Å². The van der Waals surface area contributed by atoms with Gasteiger partial charge in [-0.05, 0) is 47.9 Å². The molecule has 0 aliphatic rings. The van der Waals surface area contributed by atoms with Crippen molar-refractivity contribution in [1.82, 2.24) is 14.1 Å². The van der Waals surface area contributed by atoms with Gasteiger partial charge in [0.2, 0.25) is 0 Å². The molecule has 3 aromatic heterocycles. The Morgan fingerprint density at radius 1 is 0.737 bits per heavy atom. The van der Waals surface area contributed by atoms with E-state index in [1.165, 1.54) is 0 Å². The molecule has 0 aliphatic heterocycles. The number of pyridine rings is 1. The number of benzene rings is 3. The van der Waals surface area contributed by atoms with Gasteiger partial charge in [-0.1, -0.05) is 91.0 Å². The van der Waals surface area contributed by atoms with Gasteiger partial charge in [0.15, 0.2) is 0 Å². The number of furan rings is 1. The van der Waals surface area contributed by atoms with Crippen molar-refractivity contribution in [3.63, 3.8) is 0 Å². The van der Waals surface area contributed by atoms with Crippen LogP contribution in [0.25, 0.3) is 11.3 Å². The molecule has 6 rings (SSSR count). The van der Waals surface area contributed by atoms with Crippen molar-refractivity contribution in [2.24, 2.45) is 0 Å². The molecule has 3 aromatic carbocycles. The summed E-state index contributed by atoms with van der Waals surface area (Å²) in [5.41, 5.74) is 4.95. The maximum atomic E-state index is 13.3. The Labute approximate surface area is 221 Å². The molecule has 0 unspecified atom stereocenters. The van der Waals surface area contributed by atoms with Crippen LogP contribution < -0.4 is 5.56 Å². The van der Waals surface area contributed by atoms with Crippen molar-refractivity contribution in [3.05, 3.63) is 172 Å². The second kappa shape index (κ2) is 9.87. The first-order chi connectivity index (χ1) is 18.7. The summed E-state index contributed by atoms with van der Waals surface area (Å²) in [5.74, 6) is 0.558. The molecule has 38 heavy (non-hydrogen) atoms. The number of imidazole rings is 1. The average Bonchev–Trinajstić information content (AvgIpc) is 3.63. The maximum absolute atomic E-state index is 13.3. The first-order valence-corrected chi connectivity index (χ1v) is 12.6. The molecule has 5 heteroatoms. The van der Waals surface area contributed by atoms with Crippen LogP contribution in [0, 0.1) is 6.92 Å². The maximum Gasteiger partial charge on any atom is 0.261 e. The third-order valence-electron chi connectivity index (χ3n) is 7.17. The molecular formula is C33H27N3O2. The van der Waals surface area contributed by atoms with Crippen LogP contribution in [0.5, 0.6) is 0 Å². The van der Waals surface area contributed by atoms with Crippen LogP contribution in [0.4, 0.5) is 0 Å². The Hall–Kier alpha value is -4.90. The lowest BCUT2D eigenvalue weighted by atomic mass is 9.76. The Bertz CT molecular complexity index is 1600. The SMILES string of the molecule is Cc1c(Cn2cccc(-c3ccco3)c2=O)ncn1C(c1ccccc1)(c1ccccc1)c1ccccc1. The van der Waals surface area contributed by atoms with Crippen LogP contribution >= 0.6 is 0 Å². The minimum Gasteiger partial charge on any atom is -0.464 e. The van der Waals surface area contributed by atoms with Gasteiger partial charge in [0.25, 0.3) is 5.56 Å². The lowest BCUT2D eigenvalue weighted by Gasteiger charge is -2.38. The third-order valence-corrected chi connectivity index (χ3v) is 7.17. The van der Waals surface area contributed by atoms with Crippen molar-refractivity contribution in [2.75, 3.05) is 0 Å². The average molecular weight is 498 g/mol. The van der Waals surface area contributed by atoms with E-state index in [0.717, 1.165) is 28.1 Å². The molecule has 0 saturated heterocycles. The topological polar surface area (TPSA) is 53.0 Å². The highest BCUT2D eigenvalue weighted by molar-refractivity contribution is 5.55. The summed E-state index contributed by atoms with van der Waals surface area (Å²) in [4.78, 5) is 18.2. The van der Waals surface area contributed by atoms with Gasteiger partial charge in [0.05, 0.1) is 30.4 Å². The summed E-state index contributed by atoms with van der Waals surface area (Å²) < 4.78 is 9.42. The standard InChI is InChI=1S/C33H27N3O2/c1-25-30(23-35-21-11-19-29(32(35)37)31-20-12-22-38-31)34-24-36(25)33(26-13-5-2-6-14-26,27-15-7-3-8-16-27)28-17-9-4-10-18-28/h2-22,24H,23H2,1H3. The summed E-state index contributed by atoms with van der Waals surface area (Å²) >= 11 is 0. The van der Waals surface area contributed by atoms with Gasteiger partial charge in [-0.25, -0.2) is 4.98 Å². The van der Waals surface area contributed by atoms with Gasteiger partial charge in [-0.15, -0.1) is 0 Å². The molecular weight excluding hydrogens is 470 g/mol. The Kier molecular flexibility index (Phi) is 6.10. The Balaban J connectivity index is 1.54. The fraction of sp³-hybridized carbons (Fsp3) is 0.0909. The number of hydrogen-bond acceptors (Lipinski definition) is 3. The highest BCUT2D eigenvalue weighted by atomic mass is 16.3. The predicted octanol–water partition coefficient (Wildman–Crippen LogP) is 6.50. The fourth-order valence-electron chi connectivity index (χ4n) is 5.34. The minimum atomic E-state index is -0.653. The zero-order chi connectivity index (χ0) is 26.0. The molecule has 6 aromatic rings. The van der Waals surface area contributed by atoms with Gasteiger partial charge in [0, 0.05) is 11.9 Å². The van der Waals surface area contributed by atoms with E-state index >= 15 is 0 Å². The normalized spacial score (nSPS) is 11.5. The summed E-state index contributed by atoms with van der Waals surface area (Å²) in [6.07, 6.45) is 5.28. The summed E-state index contributed by atoms with van der Waals surface area (Å²) in [5, 5.41) is 0. The first-order valence-electron chi connectivity index (χ1n) is 12.6. The number of nitrogens with zero attached hydrogens (tertiary/aromatic N) is 3. The molecule has 0 bridgehead atoms. The second-order valence-electron chi connectivity index (χ2n) is 9.29. The van der Waals surface area contributed by atoms with Crippen molar-refractivity contribution in [2.45, 2.75) is 19.0 Å². The largest absolute Gasteiger partial charge is 0.464 e. The smallest absolute Gasteiger partial charge is 0.261 e. The molecule has 0 fully saturated rings. The summed E-state index contributed by atoms with van der Waals surface area (Å²) in [6, 6.07) is 38.8. The van der Waals surface area contributed by atoms with E-state index in [1.807, 2.05) is 30.6 Å². The van der Waals surface area contributed by atoms with Crippen molar-refractivity contribution in [3.8, 4) is 11.3 Å². The summed E-state index contributed by atoms with van der Waals surface area (Å²) in [7, 11) is 0. The highest BCUT2D eigenvalue weighted by Crippen LogP contribution is 2.41. The van der Waals surface area contributed by atoms with E-state index in [9.17, 15) is 4.79 Å². The molecule has 186 valence electrons. The van der Waals surface area contributed by atoms with Crippen LogP contribution in [0.15, 0.2) is 143 Å². The van der Waals surface area contributed by atoms with E-state index in [4.69, 9.17) is 9.40 Å². The Morgan fingerprint density at radius 3 is 1.84 bits per heavy atom. The molecule has 0 spiro atoms. The molecule has 3 heterocycles. The van der Waals surface area contributed by atoms with E-state index in [1.54, 1.807) is 35.2 Å². The predicted molar refractivity (Wildman–Crippen MR) is 149 cm³/mol. The summed E-state index contributed by atoms with van der Waals surface area (Å²) in [6.45, 7) is 2.42. The number of aromatic nitrogens is 3. The van der Waals surface area contributed by atoms with E-state index in [-0.39, 0.29) is 5.56 Å². The minimum absolute atomic E-state index is 0.114. The van der Waals surface area contributed by atoms with Crippen LogP contribution in [0.1, 0.15) is 28.1 Å². The first kappa shape index (κ1) is 23.5. The molecule has 0 atom stereocenters. The molecule has 0 aliphatic carbocycles. The second-order valence-corrected chi connectivity index (χ2v) is 9.29. The third kappa shape index (κ3) is 3.89. The van der Waals surface area contributed by atoms with Gasteiger partial charge in [0.1, 0.15) is 11.3 Å². The van der Waals surface area contributed by atoms with Crippen LogP contribution in [-0.2, 0) is 12.1 Å². The zero-order valence-corrected chi connectivity index (χ0v) is 21.1. The quantitative estimate of drug-likeness (QED) is 0.237. The van der Waals surface area contributed by atoms with Crippen molar-refractivity contribution in [1.29, 1.82) is 0 Å². The fourth-order valence-corrected chi connectivity index (χ4v) is 5.34. The number of hydrogen-bond donors (Lipinski definition) is 0. The number of rotatable bonds is 7. The lowest BCUT2D eigenvalue weighted by molar-refractivity contribution is 0.502. The van der Waals surface area contributed by atoms with Crippen LogP contribution in [-0.4, -0.2) is 14.1 Å². The monoisotopic (exact) mass is 497 g/mol. The van der Waals surface area contributed by atoms with E-state index in [2.05, 4.69) is 84.3 Å². The lowest BCUT2D eigenvalue weighted by Crippen LogP contribution is -2.38. The Morgan fingerprint density at radius 2 is 1.32 bits per heavy atom. The van der Waals surface area contributed by atoms with E-state index < -0.39 is 5.54 Å². The molecule has 0 amide bonds. The highest BCUT2D eigenvalue weighted by Gasteiger charge is 2.39. The van der Waals surface area contributed by atoms with Crippen LogP contribution in [0.2, 0.25) is 0 Å². The zero-order valence-electron chi connectivity index (χ0n) is 21.1. The molecule has 0 saturated carbocycles. The molecule has 0 radical (unpaired) electrons. The van der Waals surface area contributed by atoms with Gasteiger partial charge >= 0.3 is 0 Å².